The van der Waals surface area contributed by atoms with Crippen molar-refractivity contribution in [1.29, 1.82) is 0 Å². The molecule has 2 aromatic carbocycles. The van der Waals surface area contributed by atoms with Crippen LogP contribution >= 0.6 is 0 Å². The molecule has 1 aromatic heterocycles. The van der Waals surface area contributed by atoms with E-state index in [1.54, 1.807) is 31.4 Å². The molecule has 1 aliphatic heterocycles. The van der Waals surface area contributed by atoms with Gasteiger partial charge in [-0.05, 0) is 48.2 Å². The summed E-state index contributed by atoms with van der Waals surface area (Å²) in [6.07, 6.45) is 5.46. The highest BCUT2D eigenvalue weighted by Crippen LogP contribution is 2.39. The Balaban J connectivity index is 1.90. The molecule has 2 N–H and O–H groups in total. The van der Waals surface area contributed by atoms with Crippen LogP contribution in [0.5, 0.6) is 11.5 Å². The van der Waals surface area contributed by atoms with E-state index in [2.05, 4.69) is 0 Å². The number of nitrogens with two attached hydrogens (primary N) is 1. The first kappa shape index (κ1) is 18.7. The fraction of sp³-hybridized carbons (Fsp3) is 0.136. The number of anilines is 1. The lowest BCUT2D eigenvalue weighted by Crippen LogP contribution is -2.28. The molecule has 29 heavy (non-hydrogen) atoms. The Hall–Kier alpha value is -3.61. The normalized spacial score (nSPS) is 12.8. The van der Waals surface area contributed by atoms with E-state index in [-0.39, 0.29) is 11.3 Å². The van der Waals surface area contributed by atoms with Crippen LogP contribution in [-0.4, -0.2) is 16.5 Å². The van der Waals surface area contributed by atoms with Crippen molar-refractivity contribution in [2.45, 2.75) is 6.54 Å². The lowest BCUT2D eigenvalue weighted by Gasteiger charge is -2.24. The van der Waals surface area contributed by atoms with Gasteiger partial charge in [-0.25, -0.2) is 8.78 Å². The maximum Gasteiger partial charge on any atom is 0.255 e. The molecule has 0 amide bonds. The van der Waals surface area contributed by atoms with Crippen LogP contribution in [-0.2, 0) is 13.6 Å². The summed E-state index contributed by atoms with van der Waals surface area (Å²) in [7, 11) is 3.56. The molecular weight excluding hydrogens is 376 g/mol. The van der Waals surface area contributed by atoms with E-state index >= 15 is 0 Å². The van der Waals surface area contributed by atoms with Crippen LogP contribution in [0.2, 0.25) is 0 Å². The minimum atomic E-state index is -0.809. The highest BCUT2D eigenvalue weighted by molar-refractivity contribution is 5.82. The van der Waals surface area contributed by atoms with Crippen molar-refractivity contribution in [2.75, 3.05) is 12.8 Å². The Morgan fingerprint density at radius 3 is 2.55 bits per heavy atom. The van der Waals surface area contributed by atoms with Gasteiger partial charge in [-0.15, -0.1) is 0 Å². The number of rotatable bonds is 3. The third-order valence-electron chi connectivity index (χ3n) is 4.83. The predicted octanol–water partition coefficient (Wildman–Crippen LogP) is 4.12. The lowest BCUT2D eigenvalue weighted by molar-refractivity contribution is 0.438. The average molecular weight is 395 g/mol. The number of pyridine rings is 1. The number of nitrogens with zero attached hydrogens (tertiary/aromatic N) is 2. The minimum absolute atomic E-state index is 0.0871. The zero-order chi connectivity index (χ0) is 20.7. The van der Waals surface area contributed by atoms with Gasteiger partial charge in [0.2, 0.25) is 0 Å². The number of hydrogen-bond acceptors (Lipinski definition) is 4. The van der Waals surface area contributed by atoms with Gasteiger partial charge in [0.1, 0.15) is 11.6 Å². The molecule has 148 valence electrons. The Morgan fingerprint density at radius 1 is 1.03 bits per heavy atom. The van der Waals surface area contributed by atoms with Crippen LogP contribution < -0.4 is 16.0 Å². The smallest absolute Gasteiger partial charge is 0.255 e. The highest BCUT2D eigenvalue weighted by Gasteiger charge is 2.21. The van der Waals surface area contributed by atoms with Gasteiger partial charge in [-0.2, -0.15) is 0 Å². The summed E-state index contributed by atoms with van der Waals surface area (Å²) in [6.45, 7) is 0.470. The van der Waals surface area contributed by atoms with Crippen LogP contribution in [0.3, 0.4) is 0 Å². The number of aromatic nitrogens is 1. The number of aryl methyl sites for hydroxylation is 1. The fourth-order valence-corrected chi connectivity index (χ4v) is 3.40. The molecule has 0 aliphatic carbocycles. The van der Waals surface area contributed by atoms with Crippen LogP contribution in [0.4, 0.5) is 14.5 Å². The molecule has 7 heteroatoms. The summed E-state index contributed by atoms with van der Waals surface area (Å²) < 4.78 is 34.6. The number of benzene rings is 2. The predicted molar refractivity (Wildman–Crippen MR) is 108 cm³/mol. The summed E-state index contributed by atoms with van der Waals surface area (Å²) in [5.41, 5.74) is 9.16. The molecule has 0 saturated carbocycles. The van der Waals surface area contributed by atoms with Crippen molar-refractivity contribution in [1.82, 2.24) is 9.47 Å². The third-order valence-corrected chi connectivity index (χ3v) is 4.83. The first-order valence-electron chi connectivity index (χ1n) is 8.97. The fourth-order valence-electron chi connectivity index (χ4n) is 3.40. The molecule has 0 saturated heterocycles. The standard InChI is InChI=1S/C22H19F2N3O2/c1-26-8-7-15-17(12-27(2)22(28)18(15)11-26)16-10-14(25)4-6-20(16)29-21-5-3-13(23)9-19(21)24/h3-10,12H,11,25H2,1-2H3. The molecule has 3 aromatic rings. The van der Waals surface area contributed by atoms with Gasteiger partial charge in [0.15, 0.2) is 11.6 Å². The SMILES string of the molecule is CN1C=Cc2c(-c3cc(N)ccc3Oc3ccc(F)cc3F)cn(C)c(=O)c2C1. The number of fused-ring (bicyclic) bond motifs is 1. The van der Waals surface area contributed by atoms with Crippen molar-refractivity contribution < 1.29 is 13.5 Å². The molecular formula is C22H19F2N3O2. The van der Waals surface area contributed by atoms with Gasteiger partial charge in [-0.1, -0.05) is 0 Å². The average Bonchev–Trinajstić information content (AvgIpc) is 2.68. The van der Waals surface area contributed by atoms with Crippen LogP contribution in [0.1, 0.15) is 11.1 Å². The summed E-state index contributed by atoms with van der Waals surface area (Å²) in [6, 6.07) is 8.10. The quantitative estimate of drug-likeness (QED) is 0.678. The van der Waals surface area contributed by atoms with Crippen molar-refractivity contribution >= 4 is 11.8 Å². The summed E-state index contributed by atoms with van der Waals surface area (Å²) in [5.74, 6) is -1.25. The van der Waals surface area contributed by atoms with Crippen LogP contribution in [0, 0.1) is 11.6 Å². The van der Waals surface area contributed by atoms with Gasteiger partial charge >= 0.3 is 0 Å². The van der Waals surface area contributed by atoms with E-state index in [1.165, 1.54) is 10.6 Å². The number of nitrogen functional groups attached to an aromatic ring is 1. The monoisotopic (exact) mass is 395 g/mol. The molecule has 0 bridgehead atoms. The van der Waals surface area contributed by atoms with Gasteiger partial charge < -0.3 is 19.9 Å². The highest BCUT2D eigenvalue weighted by atomic mass is 19.1. The maximum atomic E-state index is 14.1. The summed E-state index contributed by atoms with van der Waals surface area (Å²) in [5, 5.41) is 0. The molecule has 0 spiro atoms. The third kappa shape index (κ3) is 3.47. The van der Waals surface area contributed by atoms with Gasteiger partial charge in [0.05, 0.1) is 0 Å². The van der Waals surface area contributed by atoms with Crippen LogP contribution in [0.15, 0.2) is 53.6 Å². The van der Waals surface area contributed by atoms with Gasteiger partial charge in [0.25, 0.3) is 5.56 Å². The van der Waals surface area contributed by atoms with E-state index in [0.717, 1.165) is 23.3 Å². The van der Waals surface area contributed by atoms with Gasteiger partial charge in [0, 0.05) is 55.3 Å². The topological polar surface area (TPSA) is 60.5 Å². The van der Waals surface area contributed by atoms with Crippen molar-refractivity contribution in [2.24, 2.45) is 7.05 Å². The summed E-state index contributed by atoms with van der Waals surface area (Å²) in [4.78, 5) is 14.5. The Kier molecular flexibility index (Phi) is 4.58. The second-order valence-corrected chi connectivity index (χ2v) is 7.01. The number of hydrogen-bond donors (Lipinski definition) is 1. The molecule has 0 radical (unpaired) electrons. The van der Waals surface area contributed by atoms with E-state index in [4.69, 9.17) is 10.5 Å². The minimum Gasteiger partial charge on any atom is -0.454 e. The maximum absolute atomic E-state index is 14.1. The molecule has 0 unspecified atom stereocenters. The van der Waals surface area contributed by atoms with E-state index in [0.29, 0.717) is 29.1 Å². The Morgan fingerprint density at radius 2 is 1.79 bits per heavy atom. The zero-order valence-electron chi connectivity index (χ0n) is 15.9. The molecule has 4 rings (SSSR count). The van der Waals surface area contributed by atoms with Crippen molar-refractivity contribution in [3.63, 3.8) is 0 Å². The molecule has 1 aliphatic rings. The zero-order valence-corrected chi connectivity index (χ0v) is 15.9. The van der Waals surface area contributed by atoms with Gasteiger partial charge in [-0.3, -0.25) is 4.79 Å². The first-order chi connectivity index (χ1) is 13.8. The summed E-state index contributed by atoms with van der Waals surface area (Å²) >= 11 is 0. The molecule has 0 atom stereocenters. The Labute approximate surface area is 166 Å². The van der Waals surface area contributed by atoms with Crippen molar-refractivity contribution in [3.8, 4) is 22.6 Å². The second kappa shape index (κ2) is 7.09. The largest absolute Gasteiger partial charge is 0.454 e. The van der Waals surface area contributed by atoms with E-state index < -0.39 is 11.6 Å². The second-order valence-electron chi connectivity index (χ2n) is 7.01. The molecule has 0 fully saturated rings. The van der Waals surface area contributed by atoms with Crippen molar-refractivity contribution in [3.05, 3.63) is 81.9 Å². The molecule has 5 nitrogen and oxygen atoms in total. The Bertz CT molecular complexity index is 1200. The number of ether oxygens (including phenoxy) is 1. The van der Waals surface area contributed by atoms with E-state index in [9.17, 15) is 13.6 Å². The van der Waals surface area contributed by atoms with E-state index in [1.807, 2.05) is 24.2 Å². The lowest BCUT2D eigenvalue weighted by atomic mass is 9.95. The van der Waals surface area contributed by atoms with Crippen LogP contribution in [0.25, 0.3) is 17.2 Å². The number of halogens is 2. The first-order valence-corrected chi connectivity index (χ1v) is 8.97. The molecule has 2 heterocycles.